The molecule has 1 saturated heterocycles. The van der Waals surface area contributed by atoms with E-state index < -0.39 is 0 Å². The Bertz CT molecular complexity index is 1260. The molecule has 3 rings (SSSR count). The van der Waals surface area contributed by atoms with Gasteiger partial charge in [-0.1, -0.05) is 45.0 Å². The number of aromatic amines is 1. The molecule has 13 heteroatoms. The summed E-state index contributed by atoms with van der Waals surface area (Å²) in [5.41, 5.74) is 12.6. The van der Waals surface area contributed by atoms with E-state index in [2.05, 4.69) is 35.8 Å². The zero-order valence-electron chi connectivity index (χ0n) is 28.6. The number of nitrogens with zero attached hydrogens (tertiary/aromatic N) is 3. The summed E-state index contributed by atoms with van der Waals surface area (Å²) in [6.07, 6.45) is 4.62. The fourth-order valence-corrected chi connectivity index (χ4v) is 4.73. The number of aromatic nitrogens is 2. The molecule has 0 saturated carbocycles. The lowest BCUT2D eigenvalue weighted by atomic mass is 9.95. The summed E-state index contributed by atoms with van der Waals surface area (Å²) >= 11 is 0. The quantitative estimate of drug-likeness (QED) is 0.0971. The SMILES string of the molecule is CC(C)(C)NC(=O)NC1CCCN(CCOCCO)C1.CC(C)(C)c1ncc(-c2ccc(CNCCCN=C(N)N)cc2)c(=O)[nH]1. The molecule has 0 radical (unpaired) electrons. The van der Waals surface area contributed by atoms with Crippen molar-refractivity contribution in [1.82, 2.24) is 30.8 Å². The molecule has 1 aromatic heterocycles. The molecular formula is C33H57N9O4. The number of piperidine rings is 1. The minimum atomic E-state index is -0.212. The zero-order chi connectivity index (χ0) is 34.2. The second-order valence-electron chi connectivity index (χ2n) is 13.6. The third kappa shape index (κ3) is 15.7. The van der Waals surface area contributed by atoms with Crippen LogP contribution in [0.1, 0.15) is 72.2 Å². The van der Waals surface area contributed by atoms with Crippen LogP contribution in [0.4, 0.5) is 4.79 Å². The van der Waals surface area contributed by atoms with E-state index in [4.69, 9.17) is 21.3 Å². The number of nitrogens with one attached hydrogen (secondary N) is 4. The molecule has 2 aromatic rings. The van der Waals surface area contributed by atoms with Gasteiger partial charge in [-0.25, -0.2) is 9.78 Å². The van der Waals surface area contributed by atoms with E-state index in [1.54, 1.807) is 6.20 Å². The van der Waals surface area contributed by atoms with Crippen LogP contribution in [0.25, 0.3) is 11.1 Å². The third-order valence-corrected chi connectivity index (χ3v) is 7.03. The number of aliphatic hydroxyl groups excluding tert-OH is 1. The molecule has 1 aliphatic heterocycles. The molecule has 1 aromatic carbocycles. The summed E-state index contributed by atoms with van der Waals surface area (Å²) < 4.78 is 5.28. The maximum atomic E-state index is 12.4. The molecule has 1 unspecified atom stereocenters. The topological polar surface area (TPSA) is 196 Å². The number of urea groups is 1. The van der Waals surface area contributed by atoms with Gasteiger partial charge in [0, 0.05) is 49.4 Å². The zero-order valence-corrected chi connectivity index (χ0v) is 28.6. The largest absolute Gasteiger partial charge is 0.394 e. The number of aliphatic imine (C=N–C) groups is 1. The number of H-pyrrole nitrogens is 1. The maximum absolute atomic E-state index is 12.4. The van der Waals surface area contributed by atoms with Crippen molar-refractivity contribution < 1.29 is 14.6 Å². The van der Waals surface area contributed by atoms with Crippen molar-refractivity contribution in [3.63, 3.8) is 0 Å². The fraction of sp³-hybridized carbons (Fsp3) is 0.636. The van der Waals surface area contributed by atoms with Crippen LogP contribution in [0.15, 0.2) is 40.2 Å². The normalized spacial score (nSPS) is 15.4. The maximum Gasteiger partial charge on any atom is 0.315 e. The molecule has 258 valence electrons. The highest BCUT2D eigenvalue weighted by atomic mass is 16.5. The van der Waals surface area contributed by atoms with Crippen molar-refractivity contribution in [2.24, 2.45) is 16.5 Å². The monoisotopic (exact) mass is 643 g/mol. The second-order valence-corrected chi connectivity index (χ2v) is 13.6. The van der Waals surface area contributed by atoms with Crippen LogP contribution in [-0.2, 0) is 16.7 Å². The summed E-state index contributed by atoms with van der Waals surface area (Å²) in [4.78, 5) is 37.7. The van der Waals surface area contributed by atoms with Crippen LogP contribution in [0.2, 0.25) is 0 Å². The highest BCUT2D eigenvalue weighted by molar-refractivity contribution is 5.75. The molecule has 46 heavy (non-hydrogen) atoms. The molecule has 2 amide bonds. The lowest BCUT2D eigenvalue weighted by Crippen LogP contribution is -2.54. The van der Waals surface area contributed by atoms with Crippen molar-refractivity contribution >= 4 is 12.0 Å². The molecule has 9 N–H and O–H groups in total. The second kappa shape index (κ2) is 19.2. The molecule has 0 aliphatic carbocycles. The lowest BCUT2D eigenvalue weighted by Gasteiger charge is -2.33. The molecule has 1 aliphatic rings. The summed E-state index contributed by atoms with van der Waals surface area (Å²) in [5, 5.41) is 17.9. The molecule has 1 atom stereocenters. The first-order valence-electron chi connectivity index (χ1n) is 16.1. The Labute approximate surface area is 274 Å². The van der Waals surface area contributed by atoms with Gasteiger partial charge in [-0.15, -0.1) is 0 Å². The first-order valence-corrected chi connectivity index (χ1v) is 16.1. The average molecular weight is 644 g/mol. The van der Waals surface area contributed by atoms with Gasteiger partial charge in [-0.2, -0.15) is 0 Å². The van der Waals surface area contributed by atoms with Gasteiger partial charge in [-0.05, 0) is 64.3 Å². The minimum Gasteiger partial charge on any atom is -0.394 e. The third-order valence-electron chi connectivity index (χ3n) is 7.03. The Morgan fingerprint density at radius 3 is 2.48 bits per heavy atom. The van der Waals surface area contributed by atoms with Crippen LogP contribution in [0, 0.1) is 0 Å². The molecule has 1 fully saturated rings. The number of aliphatic hydroxyl groups is 1. The summed E-state index contributed by atoms with van der Waals surface area (Å²) in [7, 11) is 0. The predicted molar refractivity (Wildman–Crippen MR) is 185 cm³/mol. The van der Waals surface area contributed by atoms with E-state index >= 15 is 0 Å². The summed E-state index contributed by atoms with van der Waals surface area (Å²) in [5.74, 6) is 0.813. The van der Waals surface area contributed by atoms with Gasteiger partial charge in [0.25, 0.3) is 5.56 Å². The van der Waals surface area contributed by atoms with Gasteiger partial charge >= 0.3 is 6.03 Å². The number of hydrogen-bond donors (Lipinski definition) is 7. The van der Waals surface area contributed by atoms with Crippen LogP contribution >= 0.6 is 0 Å². The van der Waals surface area contributed by atoms with Gasteiger partial charge in [0.2, 0.25) is 0 Å². The van der Waals surface area contributed by atoms with Gasteiger partial charge in [0.05, 0.1) is 25.4 Å². The number of guanidine groups is 1. The Kier molecular flexibility index (Phi) is 16.1. The van der Waals surface area contributed by atoms with Crippen LogP contribution < -0.4 is 33.0 Å². The van der Waals surface area contributed by atoms with Gasteiger partial charge < -0.3 is 42.2 Å². The first kappa shape index (κ1) is 38.7. The highest BCUT2D eigenvalue weighted by Gasteiger charge is 2.23. The smallest absolute Gasteiger partial charge is 0.315 e. The van der Waals surface area contributed by atoms with Crippen LogP contribution in [-0.4, -0.2) is 96.1 Å². The Balaban J connectivity index is 0.000000332. The standard InChI is InChI=1S/C19H28N6O.C14H29N3O3/c1-19(2,3)17-24-12-15(16(26)25-17)14-7-5-13(6-8-14)11-22-9-4-10-23-18(20)21;1-14(2,3)16-13(19)15-12-5-4-6-17(11-12)7-9-20-10-8-18/h5-8,12,22H,4,9-11H2,1-3H3,(H4,20,21,23)(H,24,25,26);12,18H,4-11H2,1-3H3,(H2,15,16,19). The van der Waals surface area contributed by atoms with Crippen molar-refractivity contribution in [3.05, 3.63) is 52.2 Å². The van der Waals surface area contributed by atoms with Gasteiger partial charge in [-0.3, -0.25) is 14.7 Å². The lowest BCUT2D eigenvalue weighted by molar-refractivity contribution is 0.0660. The van der Waals surface area contributed by atoms with Crippen molar-refractivity contribution in [3.8, 4) is 11.1 Å². The Morgan fingerprint density at radius 1 is 1.15 bits per heavy atom. The summed E-state index contributed by atoms with van der Waals surface area (Å²) in [6.45, 7) is 18.0. The van der Waals surface area contributed by atoms with Crippen molar-refractivity contribution in [2.45, 2.75) is 84.3 Å². The molecule has 0 spiro atoms. The first-order chi connectivity index (χ1) is 21.7. The van der Waals surface area contributed by atoms with Crippen molar-refractivity contribution in [2.75, 3.05) is 52.5 Å². The van der Waals surface area contributed by atoms with E-state index in [1.165, 1.54) is 0 Å². The average Bonchev–Trinajstić information content (AvgIpc) is 2.96. The predicted octanol–water partition coefficient (Wildman–Crippen LogP) is 2.04. The molecule has 13 nitrogen and oxygen atoms in total. The van der Waals surface area contributed by atoms with E-state index in [9.17, 15) is 9.59 Å². The van der Waals surface area contributed by atoms with E-state index in [0.29, 0.717) is 31.1 Å². The molecule has 2 heterocycles. The van der Waals surface area contributed by atoms with Crippen LogP contribution in [0.3, 0.4) is 0 Å². The van der Waals surface area contributed by atoms with E-state index in [-0.39, 0.29) is 41.2 Å². The number of nitrogens with two attached hydrogens (primary N) is 2. The minimum absolute atomic E-state index is 0.0666. The number of rotatable bonds is 13. The Hall–Kier alpha value is -3.52. The number of likely N-dealkylation sites (tertiary alicyclic amines) is 1. The highest BCUT2D eigenvalue weighted by Crippen LogP contribution is 2.19. The molecular weight excluding hydrogens is 586 g/mol. The molecule has 0 bridgehead atoms. The van der Waals surface area contributed by atoms with Crippen LogP contribution in [0.5, 0.6) is 0 Å². The van der Waals surface area contributed by atoms with E-state index in [0.717, 1.165) is 63.1 Å². The number of carbonyl (C=O) groups is 1. The van der Waals surface area contributed by atoms with Gasteiger partial charge in [0.1, 0.15) is 5.82 Å². The number of benzene rings is 1. The van der Waals surface area contributed by atoms with Crippen molar-refractivity contribution in [1.29, 1.82) is 0 Å². The number of hydrogen-bond acceptors (Lipinski definition) is 8. The fourth-order valence-electron chi connectivity index (χ4n) is 4.73. The summed E-state index contributed by atoms with van der Waals surface area (Å²) in [6, 6.07) is 8.01. The number of carbonyl (C=O) groups excluding carboxylic acids is 1. The van der Waals surface area contributed by atoms with E-state index in [1.807, 2.05) is 65.8 Å². The number of amides is 2. The Morgan fingerprint density at radius 2 is 1.87 bits per heavy atom. The number of ether oxygens (including phenoxy) is 1. The van der Waals surface area contributed by atoms with Gasteiger partial charge in [0.15, 0.2) is 5.96 Å².